The van der Waals surface area contributed by atoms with E-state index in [0.29, 0.717) is 21.9 Å². The van der Waals surface area contributed by atoms with E-state index in [1.165, 1.54) is 12.4 Å². The smallest absolute Gasteiger partial charge is 0.191 e. The van der Waals surface area contributed by atoms with Crippen LogP contribution in [0.5, 0.6) is 5.75 Å². The number of benzene rings is 1. The topological polar surface area (TPSA) is 89.8 Å². The van der Waals surface area contributed by atoms with Gasteiger partial charge in [0.2, 0.25) is 0 Å². The standard InChI is InChI=1S/C16H18N4O2S/c1-10-3-5-13(6-4-10)19-16(23)20-18-8-14-12(9-21)7-17-11(2)15(14)22/h3-8,21-22H,9H2,1-2H3,(H2,19,20,23)/b18-8+. The van der Waals surface area contributed by atoms with Gasteiger partial charge in [0.05, 0.1) is 18.5 Å². The lowest BCUT2D eigenvalue weighted by atomic mass is 10.1. The molecule has 0 amide bonds. The number of nitrogens with one attached hydrogen (secondary N) is 2. The SMILES string of the molecule is Cc1ccc(NC(=S)N/N=C/c2c(CO)cnc(C)c2O)cc1. The van der Waals surface area contributed by atoms with E-state index in [2.05, 4.69) is 20.8 Å². The van der Waals surface area contributed by atoms with Crippen molar-refractivity contribution < 1.29 is 10.2 Å². The Kier molecular flexibility index (Phi) is 5.61. The van der Waals surface area contributed by atoms with Crippen molar-refractivity contribution >= 4 is 29.2 Å². The van der Waals surface area contributed by atoms with Gasteiger partial charge in [-0.3, -0.25) is 10.4 Å². The number of rotatable bonds is 4. The molecule has 0 unspecified atom stereocenters. The predicted octanol–water partition coefficient (Wildman–Crippen LogP) is 2.22. The zero-order valence-corrected chi connectivity index (χ0v) is 13.7. The first kappa shape index (κ1) is 16.9. The summed E-state index contributed by atoms with van der Waals surface area (Å²) >= 11 is 5.14. The third kappa shape index (κ3) is 4.48. The van der Waals surface area contributed by atoms with Crippen LogP contribution in [-0.2, 0) is 6.61 Å². The Bertz CT molecular complexity index is 730. The first-order valence-corrected chi connectivity index (χ1v) is 7.37. The summed E-state index contributed by atoms with van der Waals surface area (Å²) in [5.41, 5.74) is 6.03. The van der Waals surface area contributed by atoms with Gasteiger partial charge in [-0.2, -0.15) is 5.10 Å². The summed E-state index contributed by atoms with van der Waals surface area (Å²) in [7, 11) is 0. The van der Waals surface area contributed by atoms with Gasteiger partial charge in [0, 0.05) is 23.0 Å². The Morgan fingerprint density at radius 2 is 2.00 bits per heavy atom. The summed E-state index contributed by atoms with van der Waals surface area (Å²) in [5, 5.41) is 26.6. The minimum Gasteiger partial charge on any atom is -0.505 e. The van der Waals surface area contributed by atoms with Crippen molar-refractivity contribution in [2.75, 3.05) is 5.32 Å². The van der Waals surface area contributed by atoms with Crippen LogP contribution >= 0.6 is 12.2 Å². The van der Waals surface area contributed by atoms with Crippen LogP contribution in [0.25, 0.3) is 0 Å². The predicted molar refractivity (Wildman–Crippen MR) is 94.7 cm³/mol. The molecule has 1 heterocycles. The molecule has 0 saturated carbocycles. The Morgan fingerprint density at radius 1 is 1.30 bits per heavy atom. The number of hydrogen-bond donors (Lipinski definition) is 4. The van der Waals surface area contributed by atoms with Gasteiger partial charge in [-0.25, -0.2) is 0 Å². The number of aromatic nitrogens is 1. The van der Waals surface area contributed by atoms with E-state index in [1.807, 2.05) is 31.2 Å². The number of aliphatic hydroxyl groups is 1. The summed E-state index contributed by atoms with van der Waals surface area (Å²) < 4.78 is 0. The highest BCUT2D eigenvalue weighted by Gasteiger charge is 2.09. The number of nitrogens with zero attached hydrogens (tertiary/aromatic N) is 2. The van der Waals surface area contributed by atoms with Crippen LogP contribution in [-0.4, -0.2) is 26.5 Å². The first-order valence-electron chi connectivity index (χ1n) is 6.96. The van der Waals surface area contributed by atoms with Crippen molar-refractivity contribution in [3.8, 4) is 5.75 Å². The van der Waals surface area contributed by atoms with Gasteiger partial charge in [-0.15, -0.1) is 0 Å². The molecule has 2 rings (SSSR count). The fraction of sp³-hybridized carbons (Fsp3) is 0.188. The first-order chi connectivity index (χ1) is 11.0. The van der Waals surface area contributed by atoms with Crippen LogP contribution in [0.15, 0.2) is 35.6 Å². The van der Waals surface area contributed by atoms with E-state index < -0.39 is 0 Å². The molecule has 0 fully saturated rings. The second kappa shape index (κ2) is 7.66. The lowest BCUT2D eigenvalue weighted by Gasteiger charge is -2.09. The number of hydrazone groups is 1. The second-order valence-electron chi connectivity index (χ2n) is 4.98. The summed E-state index contributed by atoms with van der Waals surface area (Å²) in [5.74, 6) is -0.0143. The number of aryl methyl sites for hydroxylation is 2. The fourth-order valence-electron chi connectivity index (χ4n) is 1.87. The highest BCUT2D eigenvalue weighted by atomic mass is 32.1. The number of aromatic hydroxyl groups is 1. The Balaban J connectivity index is 2.03. The molecule has 6 nitrogen and oxygen atoms in total. The van der Waals surface area contributed by atoms with E-state index in [4.69, 9.17) is 12.2 Å². The Labute approximate surface area is 139 Å². The van der Waals surface area contributed by atoms with Crippen LogP contribution in [0, 0.1) is 13.8 Å². The van der Waals surface area contributed by atoms with Crippen LogP contribution in [0.3, 0.4) is 0 Å². The molecular weight excluding hydrogens is 312 g/mol. The third-order valence-electron chi connectivity index (χ3n) is 3.20. The van der Waals surface area contributed by atoms with Crippen molar-refractivity contribution in [3.63, 3.8) is 0 Å². The molecule has 0 radical (unpaired) electrons. The molecule has 0 bridgehead atoms. The molecule has 23 heavy (non-hydrogen) atoms. The number of anilines is 1. The highest BCUT2D eigenvalue weighted by molar-refractivity contribution is 7.80. The summed E-state index contributed by atoms with van der Waals surface area (Å²) in [4.78, 5) is 3.99. The van der Waals surface area contributed by atoms with Gasteiger partial charge in [0.25, 0.3) is 0 Å². The fourth-order valence-corrected chi connectivity index (χ4v) is 2.04. The zero-order chi connectivity index (χ0) is 16.8. The van der Waals surface area contributed by atoms with Gasteiger partial charge < -0.3 is 15.5 Å². The van der Waals surface area contributed by atoms with E-state index in [-0.39, 0.29) is 12.4 Å². The number of hydrogen-bond acceptors (Lipinski definition) is 5. The van der Waals surface area contributed by atoms with Gasteiger partial charge in [-0.05, 0) is 38.2 Å². The molecular formula is C16H18N4O2S. The lowest BCUT2D eigenvalue weighted by Crippen LogP contribution is -2.23. The maximum Gasteiger partial charge on any atom is 0.191 e. The molecule has 1 aromatic heterocycles. The van der Waals surface area contributed by atoms with Crippen molar-refractivity contribution in [2.45, 2.75) is 20.5 Å². The van der Waals surface area contributed by atoms with Crippen molar-refractivity contribution in [1.29, 1.82) is 0 Å². The highest BCUT2D eigenvalue weighted by Crippen LogP contribution is 2.21. The lowest BCUT2D eigenvalue weighted by molar-refractivity contribution is 0.280. The minimum absolute atomic E-state index is 0.0143. The van der Waals surface area contributed by atoms with Crippen LogP contribution in [0.1, 0.15) is 22.4 Å². The van der Waals surface area contributed by atoms with Crippen LogP contribution in [0.2, 0.25) is 0 Å². The third-order valence-corrected chi connectivity index (χ3v) is 3.39. The van der Waals surface area contributed by atoms with Crippen molar-refractivity contribution in [3.05, 3.63) is 52.8 Å². The molecule has 120 valence electrons. The number of thiocarbonyl (C=S) groups is 1. The van der Waals surface area contributed by atoms with Gasteiger partial charge >= 0.3 is 0 Å². The normalized spacial score (nSPS) is 10.7. The molecule has 0 aliphatic carbocycles. The average Bonchev–Trinajstić information content (AvgIpc) is 2.54. The molecule has 0 aliphatic heterocycles. The van der Waals surface area contributed by atoms with Gasteiger partial charge in [0.15, 0.2) is 5.11 Å². The van der Waals surface area contributed by atoms with E-state index in [1.54, 1.807) is 6.92 Å². The molecule has 0 saturated heterocycles. The average molecular weight is 330 g/mol. The molecule has 7 heteroatoms. The summed E-state index contributed by atoms with van der Waals surface area (Å²) in [6.45, 7) is 3.44. The maximum absolute atomic E-state index is 9.99. The monoisotopic (exact) mass is 330 g/mol. The largest absolute Gasteiger partial charge is 0.505 e. The Hall–Kier alpha value is -2.51. The summed E-state index contributed by atoms with van der Waals surface area (Å²) in [6, 6.07) is 7.77. The van der Waals surface area contributed by atoms with Crippen LogP contribution in [0.4, 0.5) is 5.69 Å². The maximum atomic E-state index is 9.99. The molecule has 0 spiro atoms. The number of pyridine rings is 1. The van der Waals surface area contributed by atoms with Crippen LogP contribution < -0.4 is 10.7 Å². The molecule has 0 aliphatic rings. The molecule has 1 aromatic carbocycles. The van der Waals surface area contributed by atoms with Crippen molar-refractivity contribution in [2.24, 2.45) is 5.10 Å². The van der Waals surface area contributed by atoms with Gasteiger partial charge in [0.1, 0.15) is 5.75 Å². The second-order valence-corrected chi connectivity index (χ2v) is 5.39. The molecule has 4 N–H and O–H groups in total. The molecule has 2 aromatic rings. The van der Waals surface area contributed by atoms with E-state index in [9.17, 15) is 10.2 Å². The van der Waals surface area contributed by atoms with Crippen molar-refractivity contribution in [1.82, 2.24) is 10.4 Å². The quantitative estimate of drug-likeness (QED) is 0.390. The molecule has 0 atom stereocenters. The zero-order valence-electron chi connectivity index (χ0n) is 12.9. The van der Waals surface area contributed by atoms with Gasteiger partial charge in [-0.1, -0.05) is 17.7 Å². The van der Waals surface area contributed by atoms with E-state index >= 15 is 0 Å². The minimum atomic E-state index is -0.242. The van der Waals surface area contributed by atoms with E-state index in [0.717, 1.165) is 11.3 Å². The Morgan fingerprint density at radius 3 is 2.65 bits per heavy atom. The summed E-state index contributed by atoms with van der Waals surface area (Å²) in [6.07, 6.45) is 2.90. The number of aliphatic hydroxyl groups excluding tert-OH is 1.